The molecule has 1 unspecified atom stereocenters. The van der Waals surface area contributed by atoms with Crippen LogP contribution in [0, 0.1) is 17.7 Å². The Balaban J connectivity index is 1.61. The Hall–Kier alpha value is -2.89. The van der Waals surface area contributed by atoms with E-state index < -0.39 is 17.7 Å². The number of nitrogens with one attached hydrogen (secondary N) is 1. The molecule has 3 rings (SSSR count). The van der Waals surface area contributed by atoms with Crippen LogP contribution >= 0.6 is 0 Å². The number of halogens is 1. The van der Waals surface area contributed by atoms with E-state index in [-0.39, 0.29) is 23.6 Å². The highest BCUT2D eigenvalue weighted by Crippen LogP contribution is 2.32. The van der Waals surface area contributed by atoms with Crippen molar-refractivity contribution < 1.29 is 23.8 Å². The predicted octanol–water partition coefficient (Wildman–Crippen LogP) is 4.30. The third kappa shape index (κ3) is 4.64. The van der Waals surface area contributed by atoms with Crippen molar-refractivity contribution in [3.05, 3.63) is 59.9 Å². The lowest BCUT2D eigenvalue weighted by Crippen LogP contribution is -2.32. The van der Waals surface area contributed by atoms with Gasteiger partial charge in [-0.05, 0) is 56.0 Å². The maximum atomic E-state index is 14.4. The molecule has 0 heterocycles. The van der Waals surface area contributed by atoms with Gasteiger partial charge in [0.1, 0.15) is 5.75 Å². The zero-order valence-electron chi connectivity index (χ0n) is 15.0. The number of rotatable bonds is 6. The van der Waals surface area contributed by atoms with Gasteiger partial charge in [0.25, 0.3) is 0 Å². The van der Waals surface area contributed by atoms with E-state index >= 15 is 0 Å². The number of carboxylic acids is 1. The van der Waals surface area contributed by atoms with Crippen molar-refractivity contribution in [1.29, 1.82) is 0 Å². The fraction of sp³-hybridized carbons (Fsp3) is 0.333. The molecule has 0 aromatic heterocycles. The summed E-state index contributed by atoms with van der Waals surface area (Å²) >= 11 is 0. The van der Waals surface area contributed by atoms with Crippen LogP contribution in [-0.2, 0) is 9.59 Å². The molecule has 2 aromatic rings. The van der Waals surface area contributed by atoms with Gasteiger partial charge in [-0.1, -0.05) is 24.3 Å². The van der Waals surface area contributed by atoms with Gasteiger partial charge in [0.2, 0.25) is 5.91 Å². The van der Waals surface area contributed by atoms with Gasteiger partial charge in [0, 0.05) is 5.92 Å². The first-order valence-corrected chi connectivity index (χ1v) is 8.99. The van der Waals surface area contributed by atoms with Crippen LogP contribution in [0.3, 0.4) is 0 Å². The molecular formula is C21H22FNO4. The van der Waals surface area contributed by atoms with E-state index in [0.29, 0.717) is 30.6 Å². The molecule has 142 valence electrons. The van der Waals surface area contributed by atoms with Gasteiger partial charge < -0.3 is 15.2 Å². The lowest BCUT2D eigenvalue weighted by Gasteiger charge is -2.18. The van der Waals surface area contributed by atoms with Crippen molar-refractivity contribution in [3.63, 3.8) is 0 Å². The van der Waals surface area contributed by atoms with Gasteiger partial charge in [0.05, 0.1) is 12.0 Å². The highest BCUT2D eigenvalue weighted by molar-refractivity contribution is 5.81. The van der Waals surface area contributed by atoms with Crippen molar-refractivity contribution in [2.24, 2.45) is 11.8 Å². The van der Waals surface area contributed by atoms with Crippen LogP contribution in [0.5, 0.6) is 11.5 Å². The summed E-state index contributed by atoms with van der Waals surface area (Å²) in [5, 5.41) is 11.9. The molecule has 1 fully saturated rings. The van der Waals surface area contributed by atoms with Crippen molar-refractivity contribution in [2.75, 3.05) is 0 Å². The summed E-state index contributed by atoms with van der Waals surface area (Å²) in [5.74, 6) is -1.65. The molecule has 3 atom stereocenters. The Morgan fingerprint density at radius 3 is 2.48 bits per heavy atom. The van der Waals surface area contributed by atoms with Crippen LogP contribution in [0.15, 0.2) is 48.5 Å². The lowest BCUT2D eigenvalue weighted by molar-refractivity contribution is -0.141. The van der Waals surface area contributed by atoms with E-state index in [2.05, 4.69) is 5.32 Å². The van der Waals surface area contributed by atoms with Crippen LogP contribution < -0.4 is 10.1 Å². The van der Waals surface area contributed by atoms with E-state index in [1.807, 2.05) is 6.07 Å². The summed E-state index contributed by atoms with van der Waals surface area (Å²) in [6.07, 6.45) is 1.43. The quantitative estimate of drug-likeness (QED) is 0.794. The van der Waals surface area contributed by atoms with Crippen LogP contribution in [0.4, 0.5) is 4.39 Å². The molecule has 27 heavy (non-hydrogen) atoms. The van der Waals surface area contributed by atoms with Crippen LogP contribution in [-0.4, -0.2) is 17.0 Å². The third-order valence-corrected chi connectivity index (χ3v) is 4.94. The Morgan fingerprint density at radius 2 is 1.85 bits per heavy atom. The van der Waals surface area contributed by atoms with E-state index in [0.717, 1.165) is 0 Å². The van der Waals surface area contributed by atoms with E-state index in [4.69, 9.17) is 9.84 Å². The summed E-state index contributed by atoms with van der Waals surface area (Å²) in [6, 6.07) is 13.1. The Labute approximate surface area is 157 Å². The van der Waals surface area contributed by atoms with Crippen LogP contribution in [0.1, 0.15) is 37.8 Å². The predicted molar refractivity (Wildman–Crippen MR) is 97.9 cm³/mol. The maximum absolute atomic E-state index is 14.4. The number of hydrogen-bond acceptors (Lipinski definition) is 3. The minimum absolute atomic E-state index is 0.114. The SMILES string of the molecule is CC(NC(=O)[C@@H]1CC[C@H](C(=O)O)C1)c1ccc(Oc2ccccc2)c(F)c1. The number of aliphatic carboxylic acids is 1. The van der Waals surface area contributed by atoms with Crippen molar-refractivity contribution >= 4 is 11.9 Å². The zero-order valence-corrected chi connectivity index (χ0v) is 15.0. The summed E-state index contributed by atoms with van der Waals surface area (Å²) < 4.78 is 19.9. The van der Waals surface area contributed by atoms with E-state index in [9.17, 15) is 14.0 Å². The number of ether oxygens (including phenoxy) is 1. The molecule has 5 nitrogen and oxygen atoms in total. The first-order valence-electron chi connectivity index (χ1n) is 8.99. The Morgan fingerprint density at radius 1 is 1.15 bits per heavy atom. The van der Waals surface area contributed by atoms with Crippen LogP contribution in [0.25, 0.3) is 0 Å². The normalized spacial score (nSPS) is 20.1. The molecule has 1 amide bonds. The third-order valence-electron chi connectivity index (χ3n) is 4.94. The zero-order chi connectivity index (χ0) is 19.4. The second-order valence-corrected chi connectivity index (χ2v) is 6.88. The molecular weight excluding hydrogens is 349 g/mol. The monoisotopic (exact) mass is 371 g/mol. The minimum atomic E-state index is -0.852. The first kappa shape index (κ1) is 18.9. The largest absolute Gasteiger partial charge is 0.481 e. The van der Waals surface area contributed by atoms with E-state index in [1.54, 1.807) is 37.3 Å². The van der Waals surface area contributed by atoms with Gasteiger partial charge in [-0.3, -0.25) is 9.59 Å². The molecule has 0 bridgehead atoms. The van der Waals surface area contributed by atoms with E-state index in [1.165, 1.54) is 12.1 Å². The lowest BCUT2D eigenvalue weighted by atomic mass is 10.0. The average molecular weight is 371 g/mol. The number of carboxylic acid groups (broad SMARTS) is 1. The summed E-state index contributed by atoms with van der Waals surface area (Å²) in [5.41, 5.74) is 0.619. The second-order valence-electron chi connectivity index (χ2n) is 6.88. The van der Waals surface area contributed by atoms with Gasteiger partial charge in [0.15, 0.2) is 11.6 Å². The number of hydrogen-bond donors (Lipinski definition) is 2. The molecule has 1 aliphatic rings. The van der Waals surface area contributed by atoms with Gasteiger partial charge in [-0.2, -0.15) is 0 Å². The van der Waals surface area contributed by atoms with Crippen LogP contribution in [0.2, 0.25) is 0 Å². The number of benzene rings is 2. The van der Waals surface area contributed by atoms with Crippen molar-refractivity contribution in [3.8, 4) is 11.5 Å². The molecule has 0 spiro atoms. The Kier molecular flexibility index (Phi) is 5.74. The summed E-state index contributed by atoms with van der Waals surface area (Å²) in [6.45, 7) is 1.77. The Bertz CT molecular complexity index is 824. The smallest absolute Gasteiger partial charge is 0.306 e. The molecule has 0 aliphatic heterocycles. The van der Waals surface area contributed by atoms with Crippen molar-refractivity contribution in [2.45, 2.75) is 32.2 Å². The standard InChI is InChI=1S/C21H22FNO4/c1-13(23-20(24)15-7-8-16(11-15)21(25)26)14-9-10-19(18(22)12-14)27-17-5-3-2-4-6-17/h2-6,9-10,12-13,15-16H,7-8,11H2,1H3,(H,23,24)(H,25,26)/t13?,15-,16+/m1/s1. The molecule has 2 N–H and O–H groups in total. The number of carbonyl (C=O) groups excluding carboxylic acids is 1. The average Bonchev–Trinajstić information content (AvgIpc) is 3.15. The van der Waals surface area contributed by atoms with Gasteiger partial charge in [-0.15, -0.1) is 0 Å². The topological polar surface area (TPSA) is 75.6 Å². The minimum Gasteiger partial charge on any atom is -0.481 e. The highest BCUT2D eigenvalue weighted by Gasteiger charge is 2.34. The molecule has 6 heteroatoms. The molecule has 2 aromatic carbocycles. The van der Waals surface area contributed by atoms with Gasteiger partial charge >= 0.3 is 5.97 Å². The highest BCUT2D eigenvalue weighted by atomic mass is 19.1. The van der Waals surface area contributed by atoms with Gasteiger partial charge in [-0.25, -0.2) is 4.39 Å². The number of para-hydroxylation sites is 1. The molecule has 1 aliphatic carbocycles. The second kappa shape index (κ2) is 8.20. The van der Waals surface area contributed by atoms with Crippen molar-refractivity contribution in [1.82, 2.24) is 5.32 Å². The summed E-state index contributed by atoms with van der Waals surface area (Å²) in [7, 11) is 0. The summed E-state index contributed by atoms with van der Waals surface area (Å²) in [4.78, 5) is 23.4. The fourth-order valence-electron chi connectivity index (χ4n) is 3.34. The fourth-order valence-corrected chi connectivity index (χ4v) is 3.34. The molecule has 0 radical (unpaired) electrons. The number of amides is 1. The molecule has 1 saturated carbocycles. The maximum Gasteiger partial charge on any atom is 0.306 e. The number of carbonyl (C=O) groups is 2. The first-order chi connectivity index (χ1) is 12.9. The molecule has 0 saturated heterocycles.